The number of β-lactam (4-membered cyclic amide) rings is 1. The van der Waals surface area contributed by atoms with Crippen LogP contribution in [0.25, 0.3) is 0 Å². The van der Waals surface area contributed by atoms with Crippen molar-refractivity contribution in [2.75, 3.05) is 18.6 Å². The molecule has 0 aliphatic carbocycles. The first-order chi connectivity index (χ1) is 14.8. The molecule has 4 rings (SSSR count). The minimum absolute atomic E-state index is 0.0450. The predicted molar refractivity (Wildman–Crippen MR) is 113 cm³/mol. The third-order valence-electron chi connectivity index (χ3n) is 5.27. The number of carbonyl (C=O) groups is 3. The number of nitrogens with zero attached hydrogens (tertiary/aromatic N) is 3. The molecule has 1 aromatic rings. The van der Waals surface area contributed by atoms with E-state index in [4.69, 9.17) is 15.3 Å². The minimum atomic E-state index is -1.18. The molecule has 13 heteroatoms. The molecule has 0 radical (unpaired) electrons. The largest absolute Gasteiger partial charge is 0.477 e. The molecule has 4 heterocycles. The summed E-state index contributed by atoms with van der Waals surface area (Å²) >= 11 is 2.53. The number of fused-ring (bicyclic) bond motifs is 1. The highest BCUT2D eigenvalue weighted by Crippen LogP contribution is 2.43. The molecule has 11 nitrogen and oxygen atoms in total. The van der Waals surface area contributed by atoms with E-state index in [-0.39, 0.29) is 34.4 Å². The van der Waals surface area contributed by atoms with Crippen LogP contribution in [0.2, 0.25) is 0 Å². The highest BCUT2D eigenvalue weighted by Gasteiger charge is 2.55. The number of amides is 2. The van der Waals surface area contributed by atoms with Crippen LogP contribution in [0.5, 0.6) is 0 Å². The number of nitrogens with one attached hydrogen (secondary N) is 1. The standard InChI is InChI=1S/C18H21N5O6S2/c1-7-3-4-10(29-7)8-5-30-16-12(15(25)23(16)13(8)17(26)27)21-14(24)11(22-28-2)9-6-31-18(19)20-9/h6-7,10,12,16H,3-5H2,1-2H3,(H2,19,20)(H,21,24)(H,26,27)/b22-11-/t7?,10-,12-,16-/m1/s1. The van der Waals surface area contributed by atoms with Crippen molar-refractivity contribution < 1.29 is 29.1 Å². The Hall–Kier alpha value is -2.64. The van der Waals surface area contributed by atoms with E-state index in [1.807, 2.05) is 6.92 Å². The summed E-state index contributed by atoms with van der Waals surface area (Å²) in [6, 6.07) is -0.894. The first kappa shape index (κ1) is 21.6. The molecule has 4 N–H and O–H groups in total. The summed E-state index contributed by atoms with van der Waals surface area (Å²) < 4.78 is 5.84. The molecule has 1 unspecified atom stereocenters. The lowest BCUT2D eigenvalue weighted by molar-refractivity contribution is -0.150. The molecule has 31 heavy (non-hydrogen) atoms. The zero-order valence-electron chi connectivity index (χ0n) is 16.7. The quantitative estimate of drug-likeness (QED) is 0.306. The van der Waals surface area contributed by atoms with E-state index < -0.39 is 29.2 Å². The van der Waals surface area contributed by atoms with Crippen LogP contribution in [-0.4, -0.2) is 75.0 Å². The monoisotopic (exact) mass is 467 g/mol. The molecule has 0 spiro atoms. The summed E-state index contributed by atoms with van der Waals surface area (Å²) in [5.74, 6) is -1.94. The summed E-state index contributed by atoms with van der Waals surface area (Å²) in [7, 11) is 1.29. The second kappa shape index (κ2) is 8.48. The van der Waals surface area contributed by atoms with E-state index in [0.717, 1.165) is 17.8 Å². The number of hydrogen-bond donors (Lipinski definition) is 3. The van der Waals surface area contributed by atoms with E-state index >= 15 is 0 Å². The Kier molecular flexibility index (Phi) is 5.90. The number of anilines is 1. The Morgan fingerprint density at radius 3 is 2.81 bits per heavy atom. The molecule has 166 valence electrons. The van der Waals surface area contributed by atoms with Crippen LogP contribution < -0.4 is 11.1 Å². The summed E-state index contributed by atoms with van der Waals surface area (Å²) in [4.78, 5) is 47.6. The molecule has 0 aromatic carbocycles. The molecule has 2 amide bonds. The molecular formula is C18H21N5O6S2. The zero-order chi connectivity index (χ0) is 22.3. The maximum absolute atomic E-state index is 12.8. The fourth-order valence-electron chi connectivity index (χ4n) is 3.85. The van der Waals surface area contributed by atoms with Gasteiger partial charge in [0.25, 0.3) is 11.8 Å². The Balaban J connectivity index is 1.53. The van der Waals surface area contributed by atoms with E-state index in [2.05, 4.69) is 15.5 Å². The van der Waals surface area contributed by atoms with Crippen LogP contribution in [0, 0.1) is 0 Å². The number of nitrogen functional groups attached to an aromatic ring is 1. The van der Waals surface area contributed by atoms with Crippen LogP contribution in [0.4, 0.5) is 5.13 Å². The van der Waals surface area contributed by atoms with Crippen molar-refractivity contribution in [1.82, 2.24) is 15.2 Å². The van der Waals surface area contributed by atoms with Crippen LogP contribution in [0.15, 0.2) is 21.8 Å². The van der Waals surface area contributed by atoms with Crippen molar-refractivity contribution in [3.05, 3.63) is 22.3 Å². The van der Waals surface area contributed by atoms with Crippen molar-refractivity contribution in [3.63, 3.8) is 0 Å². The number of thiazole rings is 1. The van der Waals surface area contributed by atoms with E-state index in [0.29, 0.717) is 17.7 Å². The number of aromatic nitrogens is 1. The molecule has 4 atom stereocenters. The topological polar surface area (TPSA) is 156 Å². The number of aliphatic carboxylic acids is 1. The molecule has 2 fully saturated rings. The van der Waals surface area contributed by atoms with Crippen molar-refractivity contribution in [2.24, 2.45) is 5.16 Å². The lowest BCUT2D eigenvalue weighted by Crippen LogP contribution is -2.71. The predicted octanol–water partition coefficient (Wildman–Crippen LogP) is 0.382. The van der Waals surface area contributed by atoms with Crippen molar-refractivity contribution in [3.8, 4) is 0 Å². The fourth-order valence-corrected chi connectivity index (χ4v) is 5.81. The molecule has 1 aromatic heterocycles. The number of oxime groups is 1. The van der Waals surface area contributed by atoms with Gasteiger partial charge in [0, 0.05) is 11.1 Å². The molecular weight excluding hydrogens is 446 g/mol. The van der Waals surface area contributed by atoms with E-state index in [1.54, 1.807) is 5.38 Å². The van der Waals surface area contributed by atoms with Crippen molar-refractivity contribution in [1.29, 1.82) is 0 Å². The normalized spacial score (nSPS) is 28.3. The summed E-state index contributed by atoms with van der Waals surface area (Å²) in [5, 5.41) is 17.4. The zero-order valence-corrected chi connectivity index (χ0v) is 18.4. The number of carboxylic acid groups (broad SMARTS) is 1. The number of rotatable bonds is 6. The van der Waals surface area contributed by atoms with Crippen LogP contribution in [-0.2, 0) is 24.0 Å². The summed E-state index contributed by atoms with van der Waals surface area (Å²) in [6.07, 6.45) is 1.29. The average molecular weight is 468 g/mol. The van der Waals surface area contributed by atoms with Gasteiger partial charge in [-0.1, -0.05) is 5.16 Å². The first-order valence-electron chi connectivity index (χ1n) is 9.51. The molecule has 3 aliphatic heterocycles. The second-order valence-corrected chi connectivity index (χ2v) is 9.24. The second-order valence-electron chi connectivity index (χ2n) is 7.25. The Labute approximate surface area is 185 Å². The van der Waals surface area contributed by atoms with Gasteiger partial charge >= 0.3 is 5.97 Å². The van der Waals surface area contributed by atoms with Crippen LogP contribution in [0.1, 0.15) is 25.5 Å². The summed E-state index contributed by atoms with van der Waals surface area (Å²) in [6.45, 7) is 1.94. The van der Waals surface area contributed by atoms with Gasteiger partial charge in [-0.3, -0.25) is 14.5 Å². The molecule has 0 bridgehead atoms. The first-order valence-corrected chi connectivity index (χ1v) is 11.4. The number of hydrogen-bond acceptors (Lipinski definition) is 10. The molecule has 3 aliphatic rings. The van der Waals surface area contributed by atoms with Gasteiger partial charge in [0.05, 0.1) is 12.2 Å². The van der Waals surface area contributed by atoms with E-state index in [9.17, 15) is 19.5 Å². The SMILES string of the molecule is CO/N=C(\C(=O)N[C@@H]1C(=O)N2C(C(=O)O)=C([C@H]3CCC(C)O3)CS[C@H]12)c1csc(N)n1. The fraction of sp³-hybridized carbons (Fsp3) is 0.500. The third-order valence-corrected chi connectivity index (χ3v) is 7.25. The highest BCUT2D eigenvalue weighted by atomic mass is 32.2. The number of carbonyl (C=O) groups excluding carboxylic acids is 2. The van der Waals surface area contributed by atoms with Gasteiger partial charge in [0.2, 0.25) is 0 Å². The minimum Gasteiger partial charge on any atom is -0.477 e. The van der Waals surface area contributed by atoms with E-state index in [1.165, 1.54) is 23.8 Å². The average Bonchev–Trinajstić information content (AvgIpc) is 3.36. The van der Waals surface area contributed by atoms with Crippen molar-refractivity contribution >= 4 is 51.7 Å². The number of nitrogens with two attached hydrogens (primary N) is 1. The third kappa shape index (κ3) is 3.88. The van der Waals surface area contributed by atoms with Crippen LogP contribution in [0.3, 0.4) is 0 Å². The summed E-state index contributed by atoms with van der Waals surface area (Å²) in [5.41, 5.74) is 6.29. The number of ether oxygens (including phenoxy) is 1. The number of carboxylic acids is 1. The maximum Gasteiger partial charge on any atom is 0.352 e. The van der Waals surface area contributed by atoms with Gasteiger partial charge in [0.15, 0.2) is 10.8 Å². The number of thioether (sulfide) groups is 1. The van der Waals surface area contributed by atoms with Crippen molar-refractivity contribution in [2.45, 2.75) is 43.4 Å². The molecule has 0 saturated carbocycles. The lowest BCUT2D eigenvalue weighted by atomic mass is 9.99. The highest BCUT2D eigenvalue weighted by molar-refractivity contribution is 8.00. The van der Waals surface area contributed by atoms with Gasteiger partial charge in [-0.15, -0.1) is 23.1 Å². The molecule has 2 saturated heterocycles. The smallest absolute Gasteiger partial charge is 0.352 e. The maximum atomic E-state index is 12.8. The Morgan fingerprint density at radius 2 is 2.23 bits per heavy atom. The van der Waals surface area contributed by atoms with Gasteiger partial charge in [0.1, 0.15) is 29.9 Å². The van der Waals surface area contributed by atoms with Gasteiger partial charge < -0.3 is 25.7 Å². The Bertz CT molecular complexity index is 992. The van der Waals surface area contributed by atoms with Gasteiger partial charge in [-0.05, 0) is 25.3 Å². The van der Waals surface area contributed by atoms with Gasteiger partial charge in [-0.2, -0.15) is 0 Å². The lowest BCUT2D eigenvalue weighted by Gasteiger charge is -2.49. The van der Waals surface area contributed by atoms with Gasteiger partial charge in [-0.25, -0.2) is 9.78 Å². The van der Waals surface area contributed by atoms with Crippen LogP contribution >= 0.6 is 23.1 Å². The Morgan fingerprint density at radius 1 is 1.45 bits per heavy atom.